The molecule has 106 valence electrons. The molecule has 3 rings (SSSR count). The van der Waals surface area contributed by atoms with Crippen LogP contribution in [0.1, 0.15) is 35.6 Å². The SMILES string of the molecule is O=C(O)c1cccc2nc(CCN3CCCCC3)nn12. The minimum atomic E-state index is -0.983. The number of pyridine rings is 1. The largest absolute Gasteiger partial charge is 0.477 e. The van der Waals surface area contributed by atoms with Crippen molar-refractivity contribution in [3.63, 3.8) is 0 Å². The molecule has 0 saturated carbocycles. The average Bonchev–Trinajstić information content (AvgIpc) is 2.88. The number of piperidine rings is 1. The van der Waals surface area contributed by atoms with Gasteiger partial charge in [0.1, 0.15) is 0 Å². The highest BCUT2D eigenvalue weighted by molar-refractivity contribution is 5.86. The van der Waals surface area contributed by atoms with Crippen molar-refractivity contribution in [3.8, 4) is 0 Å². The van der Waals surface area contributed by atoms with Crippen molar-refractivity contribution in [3.05, 3.63) is 29.7 Å². The Morgan fingerprint density at radius 3 is 2.80 bits per heavy atom. The number of fused-ring (bicyclic) bond motifs is 1. The smallest absolute Gasteiger partial charge is 0.354 e. The van der Waals surface area contributed by atoms with Crippen LogP contribution >= 0.6 is 0 Å². The van der Waals surface area contributed by atoms with Crippen LogP contribution in [0.25, 0.3) is 5.65 Å². The van der Waals surface area contributed by atoms with E-state index in [1.54, 1.807) is 18.2 Å². The van der Waals surface area contributed by atoms with Crippen LogP contribution in [-0.2, 0) is 6.42 Å². The van der Waals surface area contributed by atoms with Gasteiger partial charge in [-0.3, -0.25) is 0 Å². The maximum Gasteiger partial charge on any atom is 0.354 e. The highest BCUT2D eigenvalue weighted by Crippen LogP contribution is 2.10. The number of rotatable bonds is 4. The Kier molecular flexibility index (Phi) is 3.64. The lowest BCUT2D eigenvalue weighted by atomic mass is 10.1. The van der Waals surface area contributed by atoms with E-state index < -0.39 is 5.97 Å². The molecule has 0 radical (unpaired) electrons. The van der Waals surface area contributed by atoms with Gasteiger partial charge in [0, 0.05) is 13.0 Å². The van der Waals surface area contributed by atoms with Crippen molar-refractivity contribution in [1.29, 1.82) is 0 Å². The van der Waals surface area contributed by atoms with E-state index in [0.29, 0.717) is 11.5 Å². The van der Waals surface area contributed by atoms with Crippen LogP contribution in [0.2, 0.25) is 0 Å². The predicted octanol–water partition coefficient (Wildman–Crippen LogP) is 1.46. The molecule has 0 amide bonds. The second-order valence-electron chi connectivity index (χ2n) is 5.17. The minimum Gasteiger partial charge on any atom is -0.477 e. The first-order chi connectivity index (χ1) is 9.74. The number of nitrogens with zero attached hydrogens (tertiary/aromatic N) is 4. The Hall–Kier alpha value is -1.95. The zero-order valence-electron chi connectivity index (χ0n) is 11.3. The van der Waals surface area contributed by atoms with E-state index in [1.807, 2.05) is 0 Å². The van der Waals surface area contributed by atoms with Gasteiger partial charge in [0.05, 0.1) is 0 Å². The van der Waals surface area contributed by atoms with E-state index in [2.05, 4.69) is 15.0 Å². The van der Waals surface area contributed by atoms with Gasteiger partial charge in [-0.1, -0.05) is 12.5 Å². The molecule has 0 aromatic carbocycles. The molecular formula is C14H18N4O2. The Labute approximate surface area is 117 Å². The average molecular weight is 274 g/mol. The van der Waals surface area contributed by atoms with Crippen LogP contribution in [0.4, 0.5) is 0 Å². The number of aromatic carboxylic acids is 1. The van der Waals surface area contributed by atoms with Gasteiger partial charge in [0.15, 0.2) is 17.2 Å². The Morgan fingerprint density at radius 2 is 2.05 bits per heavy atom. The topological polar surface area (TPSA) is 70.7 Å². The van der Waals surface area contributed by atoms with Gasteiger partial charge in [0.2, 0.25) is 0 Å². The van der Waals surface area contributed by atoms with E-state index in [4.69, 9.17) is 5.11 Å². The highest BCUT2D eigenvalue weighted by Gasteiger charge is 2.14. The van der Waals surface area contributed by atoms with Gasteiger partial charge in [-0.2, -0.15) is 5.10 Å². The quantitative estimate of drug-likeness (QED) is 0.914. The van der Waals surface area contributed by atoms with Crippen molar-refractivity contribution >= 4 is 11.6 Å². The molecule has 1 aliphatic heterocycles. The van der Waals surface area contributed by atoms with Crippen LogP contribution in [-0.4, -0.2) is 50.2 Å². The monoisotopic (exact) mass is 274 g/mol. The number of carboxylic acid groups (broad SMARTS) is 1. The fourth-order valence-corrected chi connectivity index (χ4v) is 2.66. The summed E-state index contributed by atoms with van der Waals surface area (Å²) < 4.78 is 1.41. The summed E-state index contributed by atoms with van der Waals surface area (Å²) in [7, 11) is 0. The molecule has 0 atom stereocenters. The lowest BCUT2D eigenvalue weighted by molar-refractivity contribution is 0.0687. The molecule has 20 heavy (non-hydrogen) atoms. The summed E-state index contributed by atoms with van der Waals surface area (Å²) >= 11 is 0. The van der Waals surface area contributed by atoms with E-state index in [0.717, 1.165) is 26.1 Å². The second kappa shape index (κ2) is 5.58. The number of hydrogen-bond acceptors (Lipinski definition) is 4. The van der Waals surface area contributed by atoms with Crippen LogP contribution in [0.5, 0.6) is 0 Å². The lowest BCUT2D eigenvalue weighted by Crippen LogP contribution is -2.31. The summed E-state index contributed by atoms with van der Waals surface area (Å²) in [5.74, 6) is -0.271. The Balaban J connectivity index is 1.75. The summed E-state index contributed by atoms with van der Waals surface area (Å²) in [6.07, 6.45) is 4.62. The van der Waals surface area contributed by atoms with Crippen LogP contribution < -0.4 is 0 Å². The first-order valence-corrected chi connectivity index (χ1v) is 7.04. The summed E-state index contributed by atoms with van der Waals surface area (Å²) in [5.41, 5.74) is 0.748. The van der Waals surface area contributed by atoms with Gasteiger partial charge in [-0.05, 0) is 38.1 Å². The number of carboxylic acids is 1. The van der Waals surface area contributed by atoms with E-state index in [9.17, 15) is 4.79 Å². The third-order valence-electron chi connectivity index (χ3n) is 3.72. The first kappa shape index (κ1) is 13.1. The molecule has 1 fully saturated rings. The molecule has 2 aromatic rings. The lowest BCUT2D eigenvalue weighted by Gasteiger charge is -2.25. The maximum atomic E-state index is 11.1. The summed E-state index contributed by atoms with van der Waals surface area (Å²) in [6, 6.07) is 5.02. The highest BCUT2D eigenvalue weighted by atomic mass is 16.4. The molecule has 2 aromatic heterocycles. The van der Waals surface area contributed by atoms with E-state index >= 15 is 0 Å². The van der Waals surface area contributed by atoms with Crippen molar-refractivity contribution in [2.75, 3.05) is 19.6 Å². The van der Waals surface area contributed by atoms with Gasteiger partial charge >= 0.3 is 5.97 Å². The molecule has 0 bridgehead atoms. The number of carbonyl (C=O) groups is 1. The van der Waals surface area contributed by atoms with Crippen molar-refractivity contribution in [2.24, 2.45) is 0 Å². The molecule has 3 heterocycles. The van der Waals surface area contributed by atoms with Gasteiger partial charge < -0.3 is 10.0 Å². The van der Waals surface area contributed by atoms with Crippen molar-refractivity contribution in [1.82, 2.24) is 19.5 Å². The van der Waals surface area contributed by atoms with Gasteiger partial charge in [0.25, 0.3) is 0 Å². The van der Waals surface area contributed by atoms with E-state index in [1.165, 1.54) is 23.8 Å². The summed E-state index contributed by atoms with van der Waals surface area (Å²) in [6.45, 7) is 3.24. The third kappa shape index (κ3) is 2.65. The Morgan fingerprint density at radius 1 is 1.25 bits per heavy atom. The van der Waals surface area contributed by atoms with Crippen LogP contribution in [0.15, 0.2) is 18.2 Å². The van der Waals surface area contributed by atoms with Gasteiger partial charge in [-0.25, -0.2) is 14.3 Å². The van der Waals surface area contributed by atoms with Gasteiger partial charge in [-0.15, -0.1) is 0 Å². The zero-order chi connectivity index (χ0) is 13.9. The fourth-order valence-electron chi connectivity index (χ4n) is 2.66. The number of likely N-dealkylation sites (tertiary alicyclic amines) is 1. The fraction of sp³-hybridized carbons (Fsp3) is 0.500. The number of aromatic nitrogens is 3. The molecule has 1 aliphatic rings. The summed E-state index contributed by atoms with van der Waals surface area (Å²) in [4.78, 5) is 18.0. The molecular weight excluding hydrogens is 256 g/mol. The van der Waals surface area contributed by atoms with Crippen molar-refractivity contribution in [2.45, 2.75) is 25.7 Å². The maximum absolute atomic E-state index is 11.1. The van der Waals surface area contributed by atoms with Crippen LogP contribution in [0, 0.1) is 0 Å². The molecule has 1 N–H and O–H groups in total. The molecule has 6 heteroatoms. The first-order valence-electron chi connectivity index (χ1n) is 7.04. The van der Waals surface area contributed by atoms with Crippen molar-refractivity contribution < 1.29 is 9.90 Å². The normalized spacial score (nSPS) is 16.6. The standard InChI is InChI=1S/C14H18N4O2/c19-14(20)11-5-4-6-13-15-12(16-18(11)13)7-10-17-8-2-1-3-9-17/h4-6H,1-3,7-10H2,(H,19,20). The second-order valence-corrected chi connectivity index (χ2v) is 5.17. The molecule has 0 aliphatic carbocycles. The molecule has 1 saturated heterocycles. The van der Waals surface area contributed by atoms with Crippen LogP contribution in [0.3, 0.4) is 0 Å². The summed E-state index contributed by atoms with van der Waals surface area (Å²) in [5, 5.41) is 13.4. The van der Waals surface area contributed by atoms with E-state index in [-0.39, 0.29) is 5.69 Å². The number of hydrogen-bond donors (Lipinski definition) is 1. The Bertz CT molecular complexity index is 617. The third-order valence-corrected chi connectivity index (χ3v) is 3.72. The molecule has 6 nitrogen and oxygen atoms in total. The predicted molar refractivity (Wildman–Crippen MR) is 73.9 cm³/mol. The zero-order valence-corrected chi connectivity index (χ0v) is 11.3. The molecule has 0 unspecified atom stereocenters. The molecule has 0 spiro atoms. The minimum absolute atomic E-state index is 0.152.